The summed E-state index contributed by atoms with van der Waals surface area (Å²) in [5, 5.41) is 11.1. The van der Waals surface area contributed by atoms with Gasteiger partial charge in [-0.1, -0.05) is 32.6 Å². The van der Waals surface area contributed by atoms with Gasteiger partial charge in [-0.2, -0.15) is 0 Å². The molecule has 0 spiro atoms. The third-order valence-corrected chi connectivity index (χ3v) is 6.39. The van der Waals surface area contributed by atoms with Crippen molar-refractivity contribution in [2.24, 2.45) is 16.7 Å². The summed E-state index contributed by atoms with van der Waals surface area (Å²) in [6.07, 6.45) is 3.09. The summed E-state index contributed by atoms with van der Waals surface area (Å²) in [6.45, 7) is 6.79. The molecule has 0 aromatic heterocycles. The minimum absolute atomic E-state index is 0.107. The molecule has 0 amide bonds. The van der Waals surface area contributed by atoms with Crippen LogP contribution in [-0.4, -0.2) is 17.8 Å². The van der Waals surface area contributed by atoms with E-state index in [-0.39, 0.29) is 10.8 Å². The van der Waals surface area contributed by atoms with Crippen molar-refractivity contribution in [1.82, 2.24) is 0 Å². The van der Waals surface area contributed by atoms with Gasteiger partial charge in [-0.15, -0.1) is 0 Å². The second-order valence-electron chi connectivity index (χ2n) is 7.33. The summed E-state index contributed by atoms with van der Waals surface area (Å²) < 4.78 is 5.15. The molecule has 2 aliphatic rings. The van der Waals surface area contributed by atoms with Gasteiger partial charge in [0, 0.05) is 11.0 Å². The van der Waals surface area contributed by atoms with E-state index in [1.807, 2.05) is 24.3 Å². The maximum absolute atomic E-state index is 11.1. The van der Waals surface area contributed by atoms with Gasteiger partial charge >= 0.3 is 0 Å². The van der Waals surface area contributed by atoms with Crippen LogP contribution in [0.2, 0.25) is 0 Å². The van der Waals surface area contributed by atoms with Crippen molar-refractivity contribution in [2.45, 2.75) is 45.6 Å². The molecule has 2 fully saturated rings. The maximum Gasteiger partial charge on any atom is 0.131 e. The van der Waals surface area contributed by atoms with E-state index in [4.69, 9.17) is 4.74 Å². The largest absolute Gasteiger partial charge is 0.497 e. The van der Waals surface area contributed by atoms with E-state index in [1.54, 1.807) is 7.11 Å². The Balaban J connectivity index is 1.90. The van der Waals surface area contributed by atoms with Gasteiger partial charge in [0.25, 0.3) is 0 Å². The summed E-state index contributed by atoms with van der Waals surface area (Å²) in [5.41, 5.74) is 0.119. The standard InChI is InChI=1S/C19H24O2/c1-17(2)15-10-11-18(17,3)19(20,13-15)12-9-14-5-7-16(21-4)8-6-14/h5-8,15,20H,10-11,13H2,1-4H3/t15-,18-,19-/m1/s1. The van der Waals surface area contributed by atoms with Crippen LogP contribution in [0.25, 0.3) is 0 Å². The van der Waals surface area contributed by atoms with Gasteiger partial charge in [0.1, 0.15) is 11.4 Å². The van der Waals surface area contributed by atoms with Crippen molar-refractivity contribution in [3.05, 3.63) is 29.8 Å². The molecule has 2 heteroatoms. The zero-order valence-corrected chi connectivity index (χ0v) is 13.4. The van der Waals surface area contributed by atoms with Gasteiger partial charge in [0.2, 0.25) is 0 Å². The lowest BCUT2D eigenvalue weighted by Crippen LogP contribution is -2.46. The number of hydrogen-bond acceptors (Lipinski definition) is 2. The molecule has 0 radical (unpaired) electrons. The Morgan fingerprint density at radius 1 is 1.19 bits per heavy atom. The number of aliphatic hydroxyl groups is 1. The number of rotatable bonds is 1. The van der Waals surface area contributed by atoms with E-state index in [1.165, 1.54) is 6.42 Å². The highest BCUT2D eigenvalue weighted by Gasteiger charge is 2.68. The fraction of sp³-hybridized carbons (Fsp3) is 0.579. The van der Waals surface area contributed by atoms with Gasteiger partial charge in [-0.3, -0.25) is 0 Å². The normalized spacial score (nSPS) is 36.1. The highest BCUT2D eigenvalue weighted by atomic mass is 16.5. The van der Waals surface area contributed by atoms with Crippen molar-refractivity contribution in [3.63, 3.8) is 0 Å². The highest BCUT2D eigenvalue weighted by molar-refractivity contribution is 5.41. The number of ether oxygens (including phenoxy) is 1. The van der Waals surface area contributed by atoms with E-state index in [0.29, 0.717) is 5.92 Å². The van der Waals surface area contributed by atoms with Crippen LogP contribution >= 0.6 is 0 Å². The minimum Gasteiger partial charge on any atom is -0.497 e. The Labute approximate surface area is 127 Å². The number of benzene rings is 1. The van der Waals surface area contributed by atoms with Crippen LogP contribution in [-0.2, 0) is 0 Å². The molecular formula is C19H24O2. The molecule has 0 unspecified atom stereocenters. The lowest BCUT2D eigenvalue weighted by atomic mass is 9.64. The smallest absolute Gasteiger partial charge is 0.131 e. The molecule has 1 N–H and O–H groups in total. The molecule has 1 aromatic rings. The van der Waals surface area contributed by atoms with Gasteiger partial charge < -0.3 is 9.84 Å². The Kier molecular flexibility index (Phi) is 3.11. The third kappa shape index (κ3) is 1.91. The predicted octanol–water partition coefficient (Wildman–Crippen LogP) is 3.62. The molecule has 2 nitrogen and oxygen atoms in total. The lowest BCUT2D eigenvalue weighted by molar-refractivity contribution is -0.0432. The van der Waals surface area contributed by atoms with Crippen molar-refractivity contribution >= 4 is 0 Å². The molecule has 0 saturated heterocycles. The Morgan fingerprint density at radius 3 is 2.33 bits per heavy atom. The molecule has 3 atom stereocenters. The third-order valence-electron chi connectivity index (χ3n) is 6.39. The Hall–Kier alpha value is -1.46. The molecule has 0 heterocycles. The van der Waals surface area contributed by atoms with Gasteiger partial charge in [0.05, 0.1) is 7.11 Å². The fourth-order valence-corrected chi connectivity index (χ4v) is 4.31. The van der Waals surface area contributed by atoms with E-state index >= 15 is 0 Å². The van der Waals surface area contributed by atoms with Crippen LogP contribution < -0.4 is 4.74 Å². The number of methoxy groups -OCH3 is 1. The quantitative estimate of drug-likeness (QED) is 0.798. The van der Waals surface area contributed by atoms with Gasteiger partial charge in [0.15, 0.2) is 0 Å². The maximum atomic E-state index is 11.1. The van der Waals surface area contributed by atoms with E-state index in [0.717, 1.165) is 24.2 Å². The second kappa shape index (κ2) is 4.52. The predicted molar refractivity (Wildman–Crippen MR) is 84.1 cm³/mol. The molecule has 3 rings (SSSR count). The molecule has 2 aliphatic carbocycles. The first kappa shape index (κ1) is 14.5. The van der Waals surface area contributed by atoms with Crippen LogP contribution in [0.5, 0.6) is 5.75 Å². The molecule has 21 heavy (non-hydrogen) atoms. The molecule has 2 bridgehead atoms. The first-order chi connectivity index (χ1) is 9.82. The van der Waals surface area contributed by atoms with Gasteiger partial charge in [-0.05, 0) is 54.9 Å². The fourth-order valence-electron chi connectivity index (χ4n) is 4.31. The number of fused-ring (bicyclic) bond motifs is 2. The second-order valence-corrected chi connectivity index (χ2v) is 7.33. The molecule has 2 saturated carbocycles. The summed E-state index contributed by atoms with van der Waals surface area (Å²) in [7, 11) is 1.65. The van der Waals surface area contributed by atoms with Crippen LogP contribution in [0.3, 0.4) is 0 Å². The van der Waals surface area contributed by atoms with Crippen LogP contribution in [0.15, 0.2) is 24.3 Å². The lowest BCUT2D eigenvalue weighted by Gasteiger charge is -2.42. The first-order valence-corrected chi connectivity index (χ1v) is 7.72. The minimum atomic E-state index is -0.862. The first-order valence-electron chi connectivity index (χ1n) is 7.72. The molecule has 112 valence electrons. The topological polar surface area (TPSA) is 29.5 Å². The summed E-state index contributed by atoms with van der Waals surface area (Å²) in [6, 6.07) is 7.69. The Morgan fingerprint density at radius 2 is 1.86 bits per heavy atom. The van der Waals surface area contributed by atoms with Crippen LogP contribution in [0.4, 0.5) is 0 Å². The van der Waals surface area contributed by atoms with Crippen molar-refractivity contribution in [3.8, 4) is 17.6 Å². The summed E-state index contributed by atoms with van der Waals surface area (Å²) in [5.74, 6) is 7.78. The van der Waals surface area contributed by atoms with E-state index in [2.05, 4.69) is 32.6 Å². The Bertz CT molecular complexity index is 605. The summed E-state index contributed by atoms with van der Waals surface area (Å²) in [4.78, 5) is 0. The SMILES string of the molecule is COc1ccc(C#C[C@@]2(O)C[C@H]3CC[C@]2(C)C3(C)C)cc1. The van der Waals surface area contributed by atoms with Crippen LogP contribution in [0.1, 0.15) is 45.6 Å². The van der Waals surface area contributed by atoms with Crippen molar-refractivity contribution in [1.29, 1.82) is 0 Å². The zero-order chi connectivity index (χ0) is 15.3. The highest BCUT2D eigenvalue weighted by Crippen LogP contribution is 2.69. The van der Waals surface area contributed by atoms with E-state index < -0.39 is 5.60 Å². The average Bonchev–Trinajstić information content (AvgIpc) is 2.78. The van der Waals surface area contributed by atoms with Gasteiger partial charge in [-0.25, -0.2) is 0 Å². The molecule has 0 aliphatic heterocycles. The van der Waals surface area contributed by atoms with Crippen molar-refractivity contribution in [2.75, 3.05) is 7.11 Å². The average molecular weight is 284 g/mol. The monoisotopic (exact) mass is 284 g/mol. The number of hydrogen-bond donors (Lipinski definition) is 1. The summed E-state index contributed by atoms with van der Waals surface area (Å²) >= 11 is 0. The molecular weight excluding hydrogens is 260 g/mol. The molecule has 1 aromatic carbocycles. The van der Waals surface area contributed by atoms with Crippen LogP contribution in [0, 0.1) is 28.6 Å². The van der Waals surface area contributed by atoms with Crippen molar-refractivity contribution < 1.29 is 9.84 Å². The zero-order valence-electron chi connectivity index (χ0n) is 13.4. The van der Waals surface area contributed by atoms with E-state index in [9.17, 15) is 5.11 Å².